The van der Waals surface area contributed by atoms with Crippen molar-refractivity contribution in [3.05, 3.63) is 60.2 Å². The molecule has 1 amide bonds. The SMILES string of the molecule is COc1ccc(N2C(=O)[C@H](OCc3ccccc3)[C@@H]2[C@@H](CN)O[Si](C)(C)C(C)(C)C)cc1. The van der Waals surface area contributed by atoms with Gasteiger partial charge < -0.3 is 24.5 Å². The number of hydrogen-bond acceptors (Lipinski definition) is 5. The minimum Gasteiger partial charge on any atom is -0.497 e. The standard InChI is InChI=1S/C25H36N2O4Si/c1-25(2,3)32(5,6)31-21(16-26)22-23(30-17-18-10-8-7-9-11-18)24(28)27(22)19-12-14-20(29-4)15-13-19/h7-15,21-23H,16-17,26H2,1-6H3/t21-,22+,23-/m1/s1. The Bertz CT molecular complexity index is 896. The highest BCUT2D eigenvalue weighted by Crippen LogP contribution is 2.40. The molecule has 1 aliphatic heterocycles. The van der Waals surface area contributed by atoms with Gasteiger partial charge in [0.05, 0.1) is 25.9 Å². The fourth-order valence-electron chi connectivity index (χ4n) is 3.63. The van der Waals surface area contributed by atoms with Crippen LogP contribution in [-0.4, -0.2) is 46.1 Å². The van der Waals surface area contributed by atoms with Crippen molar-refractivity contribution in [2.75, 3.05) is 18.6 Å². The van der Waals surface area contributed by atoms with Crippen molar-refractivity contribution < 1.29 is 18.7 Å². The molecule has 1 aliphatic rings. The first-order valence-electron chi connectivity index (χ1n) is 11.1. The van der Waals surface area contributed by atoms with Crippen molar-refractivity contribution in [2.24, 2.45) is 5.73 Å². The highest BCUT2D eigenvalue weighted by molar-refractivity contribution is 6.74. The number of rotatable bonds is 9. The highest BCUT2D eigenvalue weighted by Gasteiger charge is 2.54. The summed E-state index contributed by atoms with van der Waals surface area (Å²) in [6, 6.07) is 17.1. The Morgan fingerprint density at radius 1 is 1.06 bits per heavy atom. The van der Waals surface area contributed by atoms with E-state index in [0.717, 1.165) is 17.0 Å². The number of nitrogens with zero attached hydrogens (tertiary/aromatic N) is 1. The molecule has 32 heavy (non-hydrogen) atoms. The van der Waals surface area contributed by atoms with Gasteiger partial charge in [-0.1, -0.05) is 51.1 Å². The molecule has 1 heterocycles. The summed E-state index contributed by atoms with van der Waals surface area (Å²) in [4.78, 5) is 15.0. The molecule has 3 rings (SSSR count). The Kier molecular flexibility index (Phi) is 7.45. The summed E-state index contributed by atoms with van der Waals surface area (Å²) in [6.45, 7) is 11.7. The van der Waals surface area contributed by atoms with Crippen LogP contribution in [0.3, 0.4) is 0 Å². The molecule has 1 saturated heterocycles. The molecule has 2 aromatic rings. The van der Waals surface area contributed by atoms with Gasteiger partial charge in [-0.05, 0) is 48.0 Å². The fraction of sp³-hybridized carbons (Fsp3) is 0.480. The Morgan fingerprint density at radius 3 is 2.22 bits per heavy atom. The molecule has 174 valence electrons. The van der Waals surface area contributed by atoms with Crippen LogP contribution in [-0.2, 0) is 20.6 Å². The molecule has 1 fully saturated rings. The summed E-state index contributed by atoms with van der Waals surface area (Å²) in [5.41, 5.74) is 8.03. The number of carbonyl (C=O) groups is 1. The average molecular weight is 457 g/mol. The molecular weight excluding hydrogens is 420 g/mol. The van der Waals surface area contributed by atoms with E-state index in [0.29, 0.717) is 13.2 Å². The van der Waals surface area contributed by atoms with Gasteiger partial charge in [-0.2, -0.15) is 0 Å². The molecule has 0 bridgehead atoms. The number of carbonyl (C=O) groups excluding carboxylic acids is 1. The summed E-state index contributed by atoms with van der Waals surface area (Å²) in [6.07, 6.45) is -0.924. The smallest absolute Gasteiger partial charge is 0.258 e. The molecule has 0 saturated carbocycles. The first kappa shape index (κ1) is 24.4. The quantitative estimate of drug-likeness (QED) is 0.449. The van der Waals surface area contributed by atoms with Crippen LogP contribution >= 0.6 is 0 Å². The van der Waals surface area contributed by atoms with Gasteiger partial charge in [-0.25, -0.2) is 0 Å². The van der Waals surface area contributed by atoms with E-state index in [9.17, 15) is 4.79 Å². The third kappa shape index (κ3) is 5.07. The maximum atomic E-state index is 13.2. The van der Waals surface area contributed by atoms with Crippen molar-refractivity contribution >= 4 is 19.9 Å². The molecule has 0 spiro atoms. The number of benzene rings is 2. The van der Waals surface area contributed by atoms with Gasteiger partial charge in [-0.3, -0.25) is 4.79 Å². The third-order valence-electron chi connectivity index (χ3n) is 6.58. The highest BCUT2D eigenvalue weighted by atomic mass is 28.4. The molecular formula is C25H36N2O4Si. The molecule has 0 unspecified atom stereocenters. The molecule has 6 nitrogen and oxygen atoms in total. The number of nitrogens with two attached hydrogens (primary N) is 1. The van der Waals surface area contributed by atoms with Crippen LogP contribution in [0.5, 0.6) is 5.75 Å². The molecule has 2 N–H and O–H groups in total. The van der Waals surface area contributed by atoms with Crippen molar-refractivity contribution in [1.82, 2.24) is 0 Å². The molecule has 3 atom stereocenters. The Morgan fingerprint density at radius 2 is 1.69 bits per heavy atom. The summed E-state index contributed by atoms with van der Waals surface area (Å²) in [5.74, 6) is 0.663. The average Bonchev–Trinajstić information content (AvgIpc) is 2.76. The van der Waals surface area contributed by atoms with Crippen molar-refractivity contribution in [3.63, 3.8) is 0 Å². The van der Waals surface area contributed by atoms with Gasteiger partial charge in [0.2, 0.25) is 0 Å². The Balaban J connectivity index is 1.87. The van der Waals surface area contributed by atoms with E-state index in [1.807, 2.05) is 54.6 Å². The van der Waals surface area contributed by atoms with Gasteiger partial charge in [0.15, 0.2) is 14.4 Å². The van der Waals surface area contributed by atoms with Gasteiger partial charge in [0.1, 0.15) is 5.75 Å². The normalized spacial score (nSPS) is 20.1. The second-order valence-corrected chi connectivity index (χ2v) is 14.5. The Labute approximate surface area is 192 Å². The summed E-state index contributed by atoms with van der Waals surface area (Å²) in [5, 5.41) is 0.0273. The maximum absolute atomic E-state index is 13.2. The molecule has 7 heteroatoms. The number of hydrogen-bond donors (Lipinski definition) is 1. The minimum absolute atomic E-state index is 0.0273. The predicted molar refractivity (Wildman–Crippen MR) is 130 cm³/mol. The number of ether oxygens (including phenoxy) is 2. The fourth-order valence-corrected chi connectivity index (χ4v) is 4.98. The van der Waals surface area contributed by atoms with Crippen LogP contribution in [0.4, 0.5) is 5.69 Å². The summed E-state index contributed by atoms with van der Waals surface area (Å²) < 4.78 is 18.1. The second-order valence-electron chi connectivity index (χ2n) is 9.77. The Hall–Kier alpha value is -2.19. The summed E-state index contributed by atoms with van der Waals surface area (Å²) >= 11 is 0. The zero-order valence-electron chi connectivity index (χ0n) is 20.0. The van der Waals surface area contributed by atoms with E-state index in [4.69, 9.17) is 19.6 Å². The predicted octanol–water partition coefficient (Wildman–Crippen LogP) is 4.34. The zero-order valence-corrected chi connectivity index (χ0v) is 21.0. The van der Waals surface area contributed by atoms with E-state index >= 15 is 0 Å². The summed E-state index contributed by atoms with van der Waals surface area (Å²) in [7, 11) is -0.489. The number of methoxy groups -OCH3 is 1. The van der Waals surface area contributed by atoms with E-state index < -0.39 is 14.4 Å². The maximum Gasteiger partial charge on any atom is 0.258 e. The number of β-lactam (4-membered cyclic amide) rings is 1. The van der Waals surface area contributed by atoms with Gasteiger partial charge >= 0.3 is 0 Å². The van der Waals surface area contributed by atoms with Gasteiger partial charge in [0.25, 0.3) is 5.91 Å². The lowest BCUT2D eigenvalue weighted by Crippen LogP contribution is -2.72. The van der Waals surface area contributed by atoms with E-state index in [-0.39, 0.29) is 23.1 Å². The lowest BCUT2D eigenvalue weighted by Gasteiger charge is -2.52. The van der Waals surface area contributed by atoms with E-state index in [1.165, 1.54) is 0 Å². The van der Waals surface area contributed by atoms with Crippen molar-refractivity contribution in [3.8, 4) is 5.75 Å². The molecule has 0 radical (unpaired) electrons. The van der Waals surface area contributed by atoms with Crippen LogP contribution in [0.15, 0.2) is 54.6 Å². The van der Waals surface area contributed by atoms with Crippen molar-refractivity contribution in [1.29, 1.82) is 0 Å². The van der Waals surface area contributed by atoms with Crippen LogP contribution in [0.2, 0.25) is 18.1 Å². The van der Waals surface area contributed by atoms with Gasteiger partial charge in [-0.15, -0.1) is 0 Å². The van der Waals surface area contributed by atoms with Crippen LogP contribution in [0.25, 0.3) is 0 Å². The largest absolute Gasteiger partial charge is 0.497 e. The van der Waals surface area contributed by atoms with E-state index in [2.05, 4.69) is 33.9 Å². The third-order valence-corrected chi connectivity index (χ3v) is 11.1. The van der Waals surface area contributed by atoms with Gasteiger partial charge in [0, 0.05) is 12.2 Å². The minimum atomic E-state index is -2.11. The monoisotopic (exact) mass is 456 g/mol. The van der Waals surface area contributed by atoms with E-state index in [1.54, 1.807) is 12.0 Å². The lowest BCUT2D eigenvalue weighted by molar-refractivity contribution is -0.147. The van der Waals surface area contributed by atoms with Crippen LogP contribution in [0.1, 0.15) is 26.3 Å². The topological polar surface area (TPSA) is 74.0 Å². The first-order chi connectivity index (χ1) is 15.1. The first-order valence-corrected chi connectivity index (χ1v) is 14.0. The number of anilines is 1. The van der Waals surface area contributed by atoms with Crippen LogP contribution < -0.4 is 15.4 Å². The lowest BCUT2D eigenvalue weighted by atomic mass is 9.91. The second kappa shape index (κ2) is 9.75. The van der Waals surface area contributed by atoms with Crippen LogP contribution in [0, 0.1) is 0 Å². The molecule has 2 aromatic carbocycles. The molecule has 0 aliphatic carbocycles. The van der Waals surface area contributed by atoms with Crippen molar-refractivity contribution in [2.45, 2.75) is 63.8 Å². The zero-order chi connectivity index (χ0) is 23.5. The number of amides is 1. The molecule has 0 aromatic heterocycles.